The Kier molecular flexibility index (Phi) is 4.34. The second-order valence-corrected chi connectivity index (χ2v) is 5.36. The average Bonchev–Trinajstić information content (AvgIpc) is 2.73. The number of amides is 2. The Labute approximate surface area is 122 Å². The van der Waals surface area contributed by atoms with Crippen molar-refractivity contribution in [3.05, 3.63) is 34.9 Å². The standard InChI is InChI=1S/C14H16N2O3S/c1-9-5-4-6-10(19-3)14(9)15-11(17)7-13-16(2)12(18)8-20-13/h4-7H,8H2,1-3H3,(H,15,17)/b13-7-. The first-order valence-corrected chi connectivity index (χ1v) is 7.07. The van der Waals surface area contributed by atoms with Crippen molar-refractivity contribution >= 4 is 29.3 Å². The van der Waals surface area contributed by atoms with Gasteiger partial charge in [0.15, 0.2) is 0 Å². The number of ether oxygens (including phenoxy) is 1. The second kappa shape index (κ2) is 6.00. The fraction of sp³-hybridized carbons (Fsp3) is 0.286. The number of benzene rings is 1. The minimum absolute atomic E-state index is 0.00234. The number of thioether (sulfide) groups is 1. The molecular formula is C14H16N2O3S. The van der Waals surface area contributed by atoms with Crippen LogP contribution < -0.4 is 10.1 Å². The van der Waals surface area contributed by atoms with Crippen LogP contribution in [-0.2, 0) is 9.59 Å². The number of para-hydroxylation sites is 1. The second-order valence-electron chi connectivity index (χ2n) is 4.37. The van der Waals surface area contributed by atoms with Crippen molar-refractivity contribution in [2.75, 3.05) is 25.2 Å². The lowest BCUT2D eigenvalue weighted by atomic mass is 10.2. The molecule has 6 heteroatoms. The van der Waals surface area contributed by atoms with Crippen LogP contribution in [0, 0.1) is 6.92 Å². The molecule has 0 aromatic heterocycles. The van der Waals surface area contributed by atoms with E-state index in [2.05, 4.69) is 5.32 Å². The molecule has 0 radical (unpaired) electrons. The third-order valence-electron chi connectivity index (χ3n) is 3.01. The average molecular weight is 292 g/mol. The molecule has 0 spiro atoms. The van der Waals surface area contributed by atoms with Gasteiger partial charge in [-0.15, -0.1) is 0 Å². The summed E-state index contributed by atoms with van der Waals surface area (Å²) in [5.41, 5.74) is 1.56. The first-order chi connectivity index (χ1) is 9.52. The zero-order chi connectivity index (χ0) is 14.7. The highest BCUT2D eigenvalue weighted by Crippen LogP contribution is 2.29. The minimum atomic E-state index is -0.276. The van der Waals surface area contributed by atoms with Crippen LogP contribution in [0.5, 0.6) is 5.75 Å². The molecule has 1 N–H and O–H groups in total. The molecule has 1 saturated heterocycles. The fourth-order valence-electron chi connectivity index (χ4n) is 1.83. The highest BCUT2D eigenvalue weighted by Gasteiger charge is 2.23. The number of carbonyl (C=O) groups excluding carboxylic acids is 2. The zero-order valence-electron chi connectivity index (χ0n) is 11.6. The highest BCUT2D eigenvalue weighted by atomic mass is 32.2. The number of rotatable bonds is 3. The summed E-state index contributed by atoms with van der Waals surface area (Å²) >= 11 is 1.36. The Balaban J connectivity index is 2.17. The van der Waals surface area contributed by atoms with Gasteiger partial charge in [0.25, 0.3) is 5.91 Å². The van der Waals surface area contributed by atoms with Crippen LogP contribution in [0.25, 0.3) is 0 Å². The topological polar surface area (TPSA) is 58.6 Å². The summed E-state index contributed by atoms with van der Waals surface area (Å²) in [5, 5.41) is 3.45. The van der Waals surface area contributed by atoms with E-state index in [0.29, 0.717) is 22.2 Å². The molecule has 2 amide bonds. The number of nitrogens with zero attached hydrogens (tertiary/aromatic N) is 1. The van der Waals surface area contributed by atoms with E-state index in [-0.39, 0.29) is 11.8 Å². The highest BCUT2D eigenvalue weighted by molar-refractivity contribution is 8.04. The number of nitrogens with one attached hydrogen (secondary N) is 1. The Morgan fingerprint density at radius 1 is 1.50 bits per heavy atom. The molecule has 0 aliphatic carbocycles. The summed E-state index contributed by atoms with van der Waals surface area (Å²) in [6, 6.07) is 5.54. The van der Waals surface area contributed by atoms with Crippen LogP contribution in [0.4, 0.5) is 5.69 Å². The van der Waals surface area contributed by atoms with Gasteiger partial charge >= 0.3 is 0 Å². The van der Waals surface area contributed by atoms with Crippen LogP contribution >= 0.6 is 11.8 Å². The molecule has 1 aliphatic heterocycles. The Morgan fingerprint density at radius 2 is 2.25 bits per heavy atom. The van der Waals surface area contributed by atoms with Crippen molar-refractivity contribution in [1.82, 2.24) is 4.90 Å². The van der Waals surface area contributed by atoms with Gasteiger partial charge in [0, 0.05) is 13.1 Å². The van der Waals surface area contributed by atoms with Crippen molar-refractivity contribution in [1.29, 1.82) is 0 Å². The van der Waals surface area contributed by atoms with Crippen LogP contribution in [0.15, 0.2) is 29.3 Å². The Hall–Kier alpha value is -1.95. The number of aryl methyl sites for hydroxylation is 1. The van der Waals surface area contributed by atoms with Crippen LogP contribution in [0.2, 0.25) is 0 Å². The van der Waals surface area contributed by atoms with Gasteiger partial charge < -0.3 is 15.0 Å². The predicted molar refractivity (Wildman–Crippen MR) is 79.7 cm³/mol. The monoisotopic (exact) mass is 292 g/mol. The maximum absolute atomic E-state index is 12.0. The van der Waals surface area contributed by atoms with E-state index >= 15 is 0 Å². The Morgan fingerprint density at radius 3 is 2.85 bits per heavy atom. The van der Waals surface area contributed by atoms with E-state index in [1.807, 2.05) is 19.1 Å². The normalized spacial score (nSPS) is 16.6. The SMILES string of the molecule is COc1cccc(C)c1NC(=O)/C=C1\SCC(=O)N1C. The number of methoxy groups -OCH3 is 1. The van der Waals surface area contributed by atoms with Crippen LogP contribution in [0.3, 0.4) is 0 Å². The van der Waals surface area contributed by atoms with E-state index in [9.17, 15) is 9.59 Å². The van der Waals surface area contributed by atoms with Gasteiger partial charge in [0.05, 0.1) is 23.6 Å². The molecule has 1 aliphatic rings. The summed E-state index contributed by atoms with van der Waals surface area (Å²) in [6.07, 6.45) is 1.43. The lowest BCUT2D eigenvalue weighted by molar-refractivity contribution is -0.124. The summed E-state index contributed by atoms with van der Waals surface area (Å²) in [6.45, 7) is 1.89. The summed E-state index contributed by atoms with van der Waals surface area (Å²) in [5.74, 6) is 0.716. The molecule has 20 heavy (non-hydrogen) atoms. The Bertz CT molecular complexity index is 584. The molecular weight excluding hydrogens is 276 g/mol. The minimum Gasteiger partial charge on any atom is -0.495 e. The van der Waals surface area contributed by atoms with Crippen molar-refractivity contribution in [2.24, 2.45) is 0 Å². The maximum atomic E-state index is 12.0. The molecule has 0 atom stereocenters. The molecule has 0 bridgehead atoms. The summed E-state index contributed by atoms with van der Waals surface area (Å²) in [7, 11) is 3.22. The third kappa shape index (κ3) is 2.96. The molecule has 5 nitrogen and oxygen atoms in total. The van der Waals surface area contributed by atoms with Gasteiger partial charge in [-0.3, -0.25) is 9.59 Å². The third-order valence-corrected chi connectivity index (χ3v) is 4.08. The van der Waals surface area contributed by atoms with Crippen molar-refractivity contribution in [2.45, 2.75) is 6.92 Å². The van der Waals surface area contributed by atoms with Crippen LogP contribution in [-0.4, -0.2) is 36.6 Å². The number of anilines is 1. The molecule has 106 valence electrons. The summed E-state index contributed by atoms with van der Waals surface area (Å²) in [4.78, 5) is 24.9. The quantitative estimate of drug-likeness (QED) is 0.866. The molecule has 0 saturated carbocycles. The first-order valence-electron chi connectivity index (χ1n) is 6.08. The number of hydrogen-bond donors (Lipinski definition) is 1. The van der Waals surface area contributed by atoms with E-state index in [1.165, 1.54) is 22.7 Å². The van der Waals surface area contributed by atoms with Gasteiger partial charge in [0.1, 0.15) is 5.75 Å². The smallest absolute Gasteiger partial charge is 0.251 e. The molecule has 1 heterocycles. The van der Waals surface area contributed by atoms with Gasteiger partial charge in [-0.1, -0.05) is 23.9 Å². The molecule has 1 aromatic rings. The molecule has 0 unspecified atom stereocenters. The molecule has 2 rings (SSSR count). The van der Waals surface area contributed by atoms with E-state index < -0.39 is 0 Å². The predicted octanol–water partition coefficient (Wildman–Crippen LogP) is 1.99. The summed E-state index contributed by atoms with van der Waals surface area (Å²) < 4.78 is 5.23. The van der Waals surface area contributed by atoms with Crippen molar-refractivity contribution in [3.63, 3.8) is 0 Å². The molecule has 1 fully saturated rings. The van der Waals surface area contributed by atoms with E-state index in [0.717, 1.165) is 5.56 Å². The van der Waals surface area contributed by atoms with Gasteiger partial charge in [-0.2, -0.15) is 0 Å². The molecule has 1 aromatic carbocycles. The van der Waals surface area contributed by atoms with Gasteiger partial charge in [-0.25, -0.2) is 0 Å². The van der Waals surface area contributed by atoms with E-state index in [1.54, 1.807) is 20.2 Å². The van der Waals surface area contributed by atoms with Crippen molar-refractivity contribution in [3.8, 4) is 5.75 Å². The fourth-order valence-corrected chi connectivity index (χ4v) is 2.78. The van der Waals surface area contributed by atoms with Gasteiger partial charge in [-0.05, 0) is 18.6 Å². The van der Waals surface area contributed by atoms with Gasteiger partial charge in [0.2, 0.25) is 5.91 Å². The lowest BCUT2D eigenvalue weighted by Crippen LogP contribution is -2.20. The first kappa shape index (κ1) is 14.5. The van der Waals surface area contributed by atoms with Crippen molar-refractivity contribution < 1.29 is 14.3 Å². The number of carbonyl (C=O) groups is 2. The maximum Gasteiger partial charge on any atom is 0.251 e. The zero-order valence-corrected chi connectivity index (χ0v) is 12.4. The lowest BCUT2D eigenvalue weighted by Gasteiger charge is -2.13. The number of hydrogen-bond acceptors (Lipinski definition) is 4. The largest absolute Gasteiger partial charge is 0.495 e. The van der Waals surface area contributed by atoms with E-state index in [4.69, 9.17) is 4.74 Å². The van der Waals surface area contributed by atoms with Crippen LogP contribution in [0.1, 0.15) is 5.56 Å².